The van der Waals surface area contributed by atoms with Gasteiger partial charge in [0.15, 0.2) is 5.96 Å². The second-order valence-electron chi connectivity index (χ2n) is 8.94. The predicted octanol–water partition coefficient (Wildman–Crippen LogP) is 3.03. The van der Waals surface area contributed by atoms with Gasteiger partial charge in [0.1, 0.15) is 5.60 Å². The molecule has 1 amide bonds. The van der Waals surface area contributed by atoms with Crippen LogP contribution in [0.4, 0.5) is 4.79 Å². The normalized spacial score (nSPS) is 19.8. The molecule has 1 atom stereocenters. The number of hydrogen-bond acceptors (Lipinski definition) is 5. The van der Waals surface area contributed by atoms with Gasteiger partial charge in [0.05, 0.1) is 18.7 Å². The molecule has 1 heterocycles. The van der Waals surface area contributed by atoms with E-state index in [2.05, 4.69) is 16.0 Å². The third-order valence-corrected chi connectivity index (χ3v) is 5.46. The summed E-state index contributed by atoms with van der Waals surface area (Å²) in [5, 5.41) is 19.1. The molecule has 1 aliphatic heterocycles. The van der Waals surface area contributed by atoms with Crippen molar-refractivity contribution in [2.75, 3.05) is 39.5 Å². The predicted molar refractivity (Wildman–Crippen MR) is 132 cm³/mol. The van der Waals surface area contributed by atoms with E-state index in [1.807, 2.05) is 41.5 Å². The molecular formula is C21H43IN4O4. The van der Waals surface area contributed by atoms with Gasteiger partial charge in [0.25, 0.3) is 0 Å². The first-order valence-corrected chi connectivity index (χ1v) is 10.8. The first-order chi connectivity index (χ1) is 13.6. The van der Waals surface area contributed by atoms with Crippen LogP contribution in [-0.4, -0.2) is 67.8 Å². The lowest BCUT2D eigenvalue weighted by atomic mass is 9.84. The molecule has 0 aromatic rings. The molecule has 0 saturated carbocycles. The van der Waals surface area contributed by atoms with Gasteiger partial charge in [-0.05, 0) is 53.4 Å². The van der Waals surface area contributed by atoms with Crippen molar-refractivity contribution in [1.29, 1.82) is 0 Å². The smallest absolute Gasteiger partial charge is 0.408 e. The lowest BCUT2D eigenvalue weighted by molar-refractivity contribution is 0.0452. The summed E-state index contributed by atoms with van der Waals surface area (Å²) >= 11 is 0. The summed E-state index contributed by atoms with van der Waals surface area (Å²) < 4.78 is 11.0. The standard InChI is InChI=1S/C21H42N4O4.HI/c1-7-21(8-2,25-18(27)29-19(4,5)6)15-24-17(22-9-3)23-14-20(10-12-26)11-13-28-16-20;/h26H,7-16H2,1-6H3,(H,25,27)(H2,22,23,24);1H. The van der Waals surface area contributed by atoms with Crippen LogP contribution in [0, 0.1) is 5.41 Å². The number of amides is 1. The van der Waals surface area contributed by atoms with Crippen LogP contribution in [0.3, 0.4) is 0 Å². The first kappa shape index (κ1) is 29.2. The number of halogens is 1. The van der Waals surface area contributed by atoms with Crippen molar-refractivity contribution in [3.8, 4) is 0 Å². The number of aliphatic hydroxyl groups is 1. The van der Waals surface area contributed by atoms with Crippen LogP contribution in [0.2, 0.25) is 0 Å². The highest BCUT2D eigenvalue weighted by Gasteiger charge is 2.35. The van der Waals surface area contributed by atoms with Crippen molar-refractivity contribution < 1.29 is 19.4 Å². The van der Waals surface area contributed by atoms with Gasteiger partial charge in [0, 0.05) is 31.7 Å². The minimum atomic E-state index is -0.540. The molecule has 0 radical (unpaired) electrons. The van der Waals surface area contributed by atoms with E-state index >= 15 is 0 Å². The number of carbonyl (C=O) groups excluding carboxylic acids is 1. The highest BCUT2D eigenvalue weighted by atomic mass is 127. The summed E-state index contributed by atoms with van der Waals surface area (Å²) in [7, 11) is 0. The fourth-order valence-corrected chi connectivity index (χ4v) is 3.37. The SMILES string of the molecule is CCNC(=NCC(CC)(CC)NC(=O)OC(C)(C)C)NCC1(CCO)CCOC1.I. The summed E-state index contributed by atoms with van der Waals surface area (Å²) in [6, 6.07) is 0. The third-order valence-electron chi connectivity index (χ3n) is 5.46. The number of guanidine groups is 1. The van der Waals surface area contributed by atoms with E-state index in [-0.39, 0.29) is 36.0 Å². The highest BCUT2D eigenvalue weighted by molar-refractivity contribution is 14.0. The summed E-state index contributed by atoms with van der Waals surface area (Å²) in [6.07, 6.45) is 2.70. The Kier molecular flexibility index (Phi) is 13.2. The van der Waals surface area contributed by atoms with E-state index < -0.39 is 17.2 Å². The maximum absolute atomic E-state index is 12.3. The van der Waals surface area contributed by atoms with Gasteiger partial charge in [-0.25, -0.2) is 4.79 Å². The molecule has 1 unspecified atom stereocenters. The van der Waals surface area contributed by atoms with Gasteiger partial charge in [-0.2, -0.15) is 0 Å². The molecule has 1 aliphatic rings. The molecule has 0 bridgehead atoms. The number of rotatable bonds is 10. The second kappa shape index (κ2) is 13.6. The Labute approximate surface area is 199 Å². The number of carbonyl (C=O) groups is 1. The fourth-order valence-electron chi connectivity index (χ4n) is 3.37. The zero-order chi connectivity index (χ0) is 22.0. The van der Waals surface area contributed by atoms with Crippen LogP contribution in [0.5, 0.6) is 0 Å². The lowest BCUT2D eigenvalue weighted by Gasteiger charge is -2.33. The van der Waals surface area contributed by atoms with Crippen LogP contribution in [0.25, 0.3) is 0 Å². The Bertz CT molecular complexity index is 528. The number of aliphatic hydroxyl groups excluding tert-OH is 1. The summed E-state index contributed by atoms with van der Waals surface area (Å²) in [6.45, 7) is 15.1. The second-order valence-corrected chi connectivity index (χ2v) is 8.94. The fraction of sp³-hybridized carbons (Fsp3) is 0.905. The topological polar surface area (TPSA) is 104 Å². The Morgan fingerprint density at radius 1 is 1.20 bits per heavy atom. The van der Waals surface area contributed by atoms with Gasteiger partial charge in [-0.15, -0.1) is 24.0 Å². The molecule has 178 valence electrons. The monoisotopic (exact) mass is 542 g/mol. The Morgan fingerprint density at radius 2 is 1.87 bits per heavy atom. The van der Waals surface area contributed by atoms with Gasteiger partial charge in [-0.1, -0.05) is 13.8 Å². The molecular weight excluding hydrogens is 499 g/mol. The zero-order valence-electron chi connectivity index (χ0n) is 19.6. The van der Waals surface area contributed by atoms with Gasteiger partial charge in [-0.3, -0.25) is 4.99 Å². The van der Waals surface area contributed by atoms with Crippen molar-refractivity contribution in [3.05, 3.63) is 0 Å². The Balaban J connectivity index is 0.00000841. The van der Waals surface area contributed by atoms with E-state index in [4.69, 9.17) is 14.5 Å². The number of nitrogens with one attached hydrogen (secondary N) is 3. The van der Waals surface area contributed by atoms with Crippen LogP contribution in [0.1, 0.15) is 67.2 Å². The van der Waals surface area contributed by atoms with Crippen molar-refractivity contribution in [1.82, 2.24) is 16.0 Å². The van der Waals surface area contributed by atoms with Crippen LogP contribution < -0.4 is 16.0 Å². The van der Waals surface area contributed by atoms with Crippen molar-refractivity contribution in [2.24, 2.45) is 10.4 Å². The van der Waals surface area contributed by atoms with Gasteiger partial charge in [0.2, 0.25) is 0 Å². The molecule has 1 rings (SSSR count). The zero-order valence-corrected chi connectivity index (χ0v) is 21.9. The molecule has 0 aliphatic carbocycles. The Hall–Kier alpha value is -0.810. The van der Waals surface area contributed by atoms with Crippen LogP contribution in [0.15, 0.2) is 4.99 Å². The number of alkyl carbamates (subject to hydrolysis) is 1. The molecule has 8 nitrogen and oxygen atoms in total. The molecule has 30 heavy (non-hydrogen) atoms. The van der Waals surface area contributed by atoms with Crippen LogP contribution >= 0.6 is 24.0 Å². The average Bonchev–Trinajstić information content (AvgIpc) is 3.10. The quantitative estimate of drug-likeness (QED) is 0.192. The Morgan fingerprint density at radius 3 is 2.33 bits per heavy atom. The van der Waals surface area contributed by atoms with Gasteiger partial charge < -0.3 is 30.5 Å². The molecule has 1 saturated heterocycles. The molecule has 0 aromatic carbocycles. The molecule has 0 aromatic heterocycles. The van der Waals surface area contributed by atoms with Crippen molar-refractivity contribution >= 4 is 36.0 Å². The van der Waals surface area contributed by atoms with Crippen molar-refractivity contribution in [2.45, 2.75) is 78.4 Å². The van der Waals surface area contributed by atoms with E-state index in [1.54, 1.807) is 0 Å². The van der Waals surface area contributed by atoms with E-state index in [0.29, 0.717) is 32.1 Å². The molecule has 9 heteroatoms. The van der Waals surface area contributed by atoms with E-state index in [9.17, 15) is 9.90 Å². The number of nitrogens with zero attached hydrogens (tertiary/aromatic N) is 1. The minimum Gasteiger partial charge on any atom is -0.444 e. The van der Waals surface area contributed by atoms with Crippen LogP contribution in [-0.2, 0) is 9.47 Å². The van der Waals surface area contributed by atoms with Gasteiger partial charge >= 0.3 is 6.09 Å². The van der Waals surface area contributed by atoms with E-state index in [1.165, 1.54) is 0 Å². The number of hydrogen-bond donors (Lipinski definition) is 4. The maximum atomic E-state index is 12.3. The highest BCUT2D eigenvalue weighted by Crippen LogP contribution is 2.31. The average molecular weight is 543 g/mol. The maximum Gasteiger partial charge on any atom is 0.408 e. The first-order valence-electron chi connectivity index (χ1n) is 10.8. The molecule has 0 spiro atoms. The summed E-state index contributed by atoms with van der Waals surface area (Å²) in [5.41, 5.74) is -1.07. The lowest BCUT2D eigenvalue weighted by Crippen LogP contribution is -2.52. The summed E-state index contributed by atoms with van der Waals surface area (Å²) in [5.74, 6) is 0.703. The molecule has 1 fully saturated rings. The summed E-state index contributed by atoms with van der Waals surface area (Å²) in [4.78, 5) is 17.1. The number of aliphatic imine (C=N–C) groups is 1. The molecule has 4 N–H and O–H groups in total. The third kappa shape index (κ3) is 10.00. The van der Waals surface area contributed by atoms with E-state index in [0.717, 1.165) is 32.4 Å². The number of ether oxygens (including phenoxy) is 2. The van der Waals surface area contributed by atoms with Crippen molar-refractivity contribution in [3.63, 3.8) is 0 Å². The largest absolute Gasteiger partial charge is 0.444 e. The minimum absolute atomic E-state index is 0.